The molecular formula is C66H41NO2. The maximum Gasteiger partial charge on any atom is 0.143 e. The second kappa shape index (κ2) is 15.7. The Morgan fingerprint density at radius 3 is 1.42 bits per heavy atom. The van der Waals surface area contributed by atoms with Gasteiger partial charge < -0.3 is 14.1 Å². The van der Waals surface area contributed by atoms with Crippen LogP contribution in [0.4, 0.5) is 17.1 Å². The van der Waals surface area contributed by atoms with Crippen molar-refractivity contribution in [3.63, 3.8) is 0 Å². The van der Waals surface area contributed by atoms with Crippen molar-refractivity contribution in [2.45, 2.75) is 0 Å². The van der Waals surface area contributed by atoms with Crippen molar-refractivity contribution in [1.82, 2.24) is 0 Å². The molecule has 1 aliphatic heterocycles. The SMILES string of the molecule is c1ccc(-c2ccc(N(c3ccc4c(c3)-c3ccccc3-c3ccccc3O4)c3ccc4c5ccccc5c5ccccc5c5ccccc5c5c(ccc6c7ccccc7oc65)c4c3)cc2)cc1. The summed E-state index contributed by atoms with van der Waals surface area (Å²) < 4.78 is 13.8. The quantitative estimate of drug-likeness (QED) is 0.176. The first kappa shape index (κ1) is 39.0. The highest BCUT2D eigenvalue weighted by atomic mass is 16.5. The van der Waals surface area contributed by atoms with Crippen molar-refractivity contribution in [2.75, 3.05) is 4.90 Å². The summed E-state index contributed by atoms with van der Waals surface area (Å²) in [6.45, 7) is 0. The summed E-state index contributed by atoms with van der Waals surface area (Å²) in [7, 11) is 0. The van der Waals surface area contributed by atoms with Gasteiger partial charge in [0.05, 0.1) is 0 Å². The molecule has 14 rings (SSSR count). The van der Waals surface area contributed by atoms with E-state index in [4.69, 9.17) is 9.15 Å². The number of ether oxygens (including phenoxy) is 1. The van der Waals surface area contributed by atoms with E-state index in [1.165, 1.54) is 27.1 Å². The molecule has 0 atom stereocenters. The third-order valence-corrected chi connectivity index (χ3v) is 14.1. The molecule has 69 heavy (non-hydrogen) atoms. The highest BCUT2D eigenvalue weighted by molar-refractivity contribution is 6.31. The maximum atomic E-state index is 7.01. The molecule has 1 aromatic heterocycles. The Bertz CT molecular complexity index is 4280. The fraction of sp³-hybridized carbons (Fsp3) is 0. The van der Waals surface area contributed by atoms with Crippen molar-refractivity contribution in [1.29, 1.82) is 0 Å². The molecule has 0 aliphatic carbocycles. The predicted molar refractivity (Wildman–Crippen MR) is 290 cm³/mol. The van der Waals surface area contributed by atoms with Gasteiger partial charge >= 0.3 is 0 Å². The lowest BCUT2D eigenvalue weighted by Crippen LogP contribution is -2.10. The van der Waals surface area contributed by atoms with Crippen LogP contribution < -0.4 is 9.64 Å². The molecule has 3 heteroatoms. The first-order valence-electron chi connectivity index (χ1n) is 23.6. The maximum absolute atomic E-state index is 7.01. The number of nitrogens with zero attached hydrogens (tertiary/aromatic N) is 1. The monoisotopic (exact) mass is 879 g/mol. The summed E-state index contributed by atoms with van der Waals surface area (Å²) in [4.78, 5) is 2.39. The highest BCUT2D eigenvalue weighted by Crippen LogP contribution is 2.50. The van der Waals surface area contributed by atoms with Crippen molar-refractivity contribution < 1.29 is 9.15 Å². The van der Waals surface area contributed by atoms with E-state index in [1.54, 1.807) is 0 Å². The van der Waals surface area contributed by atoms with Crippen molar-refractivity contribution in [3.05, 3.63) is 249 Å². The van der Waals surface area contributed by atoms with E-state index >= 15 is 0 Å². The summed E-state index contributed by atoms with van der Waals surface area (Å²) in [5.41, 5.74) is 11.5. The molecule has 1 aliphatic rings. The van der Waals surface area contributed by atoms with E-state index in [0.717, 1.165) is 111 Å². The van der Waals surface area contributed by atoms with Gasteiger partial charge in [-0.25, -0.2) is 0 Å². The molecule has 3 nitrogen and oxygen atoms in total. The number of furan rings is 1. The van der Waals surface area contributed by atoms with Crippen LogP contribution in [0.15, 0.2) is 253 Å². The molecule has 0 N–H and O–H groups in total. The van der Waals surface area contributed by atoms with Gasteiger partial charge in [-0.1, -0.05) is 188 Å². The lowest BCUT2D eigenvalue weighted by atomic mass is 9.93. The molecule has 0 radical (unpaired) electrons. The number of hydrogen-bond acceptors (Lipinski definition) is 3. The molecular weight excluding hydrogens is 839 g/mol. The zero-order valence-electron chi connectivity index (χ0n) is 37.4. The predicted octanol–water partition coefficient (Wildman–Crippen LogP) is 19.1. The van der Waals surface area contributed by atoms with Crippen LogP contribution in [-0.2, 0) is 0 Å². The second-order valence-corrected chi connectivity index (χ2v) is 17.9. The molecule has 0 fully saturated rings. The summed E-state index contributed by atoms with van der Waals surface area (Å²) in [5.74, 6) is 1.67. The summed E-state index contributed by atoms with van der Waals surface area (Å²) in [6, 6.07) is 89.7. The van der Waals surface area contributed by atoms with Crippen LogP contribution in [0.3, 0.4) is 0 Å². The Morgan fingerprint density at radius 2 is 0.710 bits per heavy atom. The van der Waals surface area contributed by atoms with Crippen LogP contribution in [-0.4, -0.2) is 0 Å². The van der Waals surface area contributed by atoms with Crippen molar-refractivity contribution >= 4 is 92.9 Å². The van der Waals surface area contributed by atoms with Gasteiger partial charge in [-0.15, -0.1) is 0 Å². The first-order valence-corrected chi connectivity index (χ1v) is 23.6. The van der Waals surface area contributed by atoms with Crippen LogP contribution in [0.1, 0.15) is 0 Å². The first-order chi connectivity index (χ1) is 34.2. The van der Waals surface area contributed by atoms with Crippen molar-refractivity contribution in [3.8, 4) is 44.9 Å². The third kappa shape index (κ3) is 6.29. The van der Waals surface area contributed by atoms with E-state index in [-0.39, 0.29) is 0 Å². The zero-order valence-corrected chi connectivity index (χ0v) is 37.4. The van der Waals surface area contributed by atoms with Crippen LogP contribution >= 0.6 is 0 Å². The van der Waals surface area contributed by atoms with Gasteiger partial charge in [0.2, 0.25) is 0 Å². The second-order valence-electron chi connectivity index (χ2n) is 17.9. The fourth-order valence-corrected chi connectivity index (χ4v) is 10.9. The molecule has 0 saturated carbocycles. The van der Waals surface area contributed by atoms with E-state index in [0.29, 0.717) is 0 Å². The van der Waals surface area contributed by atoms with Crippen LogP contribution in [0, 0.1) is 0 Å². The van der Waals surface area contributed by atoms with Crippen LogP contribution in [0.25, 0.3) is 109 Å². The standard InChI is InChI=1S/C66H41NO2/c1-2-16-42(17-3-1)43-30-32-44(33-31-43)67(46-35-39-64-61(41-46)53-24-9-8-22-51(53)55-25-12-14-28-62(55)68-64)45-34-36-54-50-21-7-5-19-48(50)47-18-4-6-20-49(47)52-23-10-11-27-57(52)65-58(60(54)40-45)37-38-59-56-26-13-15-29-63(56)69-66(59)65/h1-41H. The lowest BCUT2D eigenvalue weighted by Gasteiger charge is -2.27. The number of para-hydroxylation sites is 2. The Kier molecular flexibility index (Phi) is 8.90. The molecule has 13 aromatic rings. The topological polar surface area (TPSA) is 25.6 Å². The van der Waals surface area contributed by atoms with E-state index < -0.39 is 0 Å². The third-order valence-electron chi connectivity index (χ3n) is 14.1. The van der Waals surface area contributed by atoms with E-state index in [2.05, 4.69) is 248 Å². The number of rotatable bonds is 4. The van der Waals surface area contributed by atoms with Gasteiger partial charge in [0.25, 0.3) is 0 Å². The Balaban J connectivity index is 1.11. The van der Waals surface area contributed by atoms with Gasteiger partial charge in [0.15, 0.2) is 0 Å². The number of hydrogen-bond donors (Lipinski definition) is 0. The average molecular weight is 880 g/mol. The molecule has 0 saturated heterocycles. The Labute approximate surface area is 398 Å². The van der Waals surface area contributed by atoms with Crippen LogP contribution in [0.2, 0.25) is 0 Å². The van der Waals surface area contributed by atoms with Gasteiger partial charge in [-0.2, -0.15) is 0 Å². The molecule has 2 heterocycles. The minimum atomic E-state index is 0.820. The molecule has 0 unspecified atom stereocenters. The lowest BCUT2D eigenvalue weighted by molar-refractivity contribution is 0.488. The minimum absolute atomic E-state index is 0.820. The molecule has 0 amide bonds. The average Bonchev–Trinajstić information content (AvgIpc) is 3.74. The highest BCUT2D eigenvalue weighted by Gasteiger charge is 2.24. The summed E-state index contributed by atoms with van der Waals surface area (Å²) in [5, 5.41) is 13.6. The van der Waals surface area contributed by atoms with Crippen LogP contribution in [0.5, 0.6) is 11.5 Å². The molecule has 12 aromatic carbocycles. The zero-order chi connectivity index (χ0) is 45.4. The minimum Gasteiger partial charge on any atom is -0.456 e. The van der Waals surface area contributed by atoms with Crippen molar-refractivity contribution in [2.24, 2.45) is 0 Å². The number of fused-ring (bicyclic) bond motifs is 19. The fourth-order valence-electron chi connectivity index (χ4n) is 10.9. The molecule has 0 bridgehead atoms. The summed E-state index contributed by atoms with van der Waals surface area (Å²) >= 11 is 0. The Morgan fingerprint density at radius 1 is 0.261 bits per heavy atom. The van der Waals surface area contributed by atoms with Gasteiger partial charge in [0.1, 0.15) is 22.7 Å². The summed E-state index contributed by atoms with van der Waals surface area (Å²) in [6.07, 6.45) is 0. The van der Waals surface area contributed by atoms with Gasteiger partial charge in [-0.3, -0.25) is 0 Å². The van der Waals surface area contributed by atoms with E-state index in [1.807, 2.05) is 6.07 Å². The number of anilines is 3. The molecule has 0 spiro atoms. The Hall–Kier alpha value is -9.18. The largest absolute Gasteiger partial charge is 0.456 e. The normalized spacial score (nSPS) is 11.9. The molecule has 322 valence electrons. The smallest absolute Gasteiger partial charge is 0.143 e. The van der Waals surface area contributed by atoms with Gasteiger partial charge in [-0.05, 0) is 131 Å². The van der Waals surface area contributed by atoms with Gasteiger partial charge in [0, 0.05) is 44.3 Å². The van der Waals surface area contributed by atoms with E-state index in [9.17, 15) is 0 Å². The number of benzene rings is 11.